The Hall–Kier alpha value is -1.56. The Morgan fingerprint density at radius 2 is 1.92 bits per heavy atom. The third-order valence-electron chi connectivity index (χ3n) is 4.33. The molecule has 3 nitrogen and oxygen atoms in total. The van der Waals surface area contributed by atoms with E-state index in [9.17, 15) is 9.18 Å². The van der Waals surface area contributed by atoms with E-state index in [4.69, 9.17) is 0 Å². The first-order valence-electron chi connectivity index (χ1n) is 8.61. The van der Waals surface area contributed by atoms with Crippen LogP contribution in [-0.4, -0.2) is 30.0 Å². The number of carbonyl (C=O) groups excluding carboxylic acids is 1. The second-order valence-corrected chi connectivity index (χ2v) is 7.41. The molecule has 1 aliphatic heterocycles. The van der Waals surface area contributed by atoms with Crippen molar-refractivity contribution in [3.8, 4) is 0 Å². The van der Waals surface area contributed by atoms with Crippen LogP contribution in [0.15, 0.2) is 54.6 Å². The van der Waals surface area contributed by atoms with Gasteiger partial charge in [0.05, 0.1) is 6.04 Å². The van der Waals surface area contributed by atoms with Crippen molar-refractivity contribution in [3.05, 3.63) is 71.5 Å². The molecule has 0 radical (unpaired) electrons. The van der Waals surface area contributed by atoms with Crippen LogP contribution in [0.2, 0.25) is 0 Å². The van der Waals surface area contributed by atoms with Gasteiger partial charge >= 0.3 is 0 Å². The third-order valence-corrected chi connectivity index (χ3v) is 5.46. The van der Waals surface area contributed by atoms with Crippen molar-refractivity contribution in [2.45, 2.75) is 24.9 Å². The summed E-state index contributed by atoms with van der Waals surface area (Å²) < 4.78 is 14.3. The van der Waals surface area contributed by atoms with E-state index in [-0.39, 0.29) is 36.2 Å². The lowest BCUT2D eigenvalue weighted by molar-refractivity contribution is -0.122. The van der Waals surface area contributed by atoms with Gasteiger partial charge in [0.1, 0.15) is 5.82 Å². The van der Waals surface area contributed by atoms with E-state index < -0.39 is 0 Å². The predicted molar refractivity (Wildman–Crippen MR) is 108 cm³/mol. The lowest BCUT2D eigenvalue weighted by Gasteiger charge is -2.25. The predicted octanol–water partition coefficient (Wildman–Crippen LogP) is 3.74. The molecular formula is C20H24ClFN2OS. The Kier molecular flexibility index (Phi) is 8.42. The van der Waals surface area contributed by atoms with Gasteiger partial charge in [0.2, 0.25) is 5.91 Å². The quantitative estimate of drug-likeness (QED) is 0.784. The summed E-state index contributed by atoms with van der Waals surface area (Å²) in [6, 6.07) is 16.4. The zero-order chi connectivity index (χ0) is 17.5. The van der Waals surface area contributed by atoms with Crippen molar-refractivity contribution < 1.29 is 9.18 Å². The first-order chi connectivity index (χ1) is 12.2. The molecule has 2 N–H and O–H groups in total. The lowest BCUT2D eigenvalue weighted by atomic mass is 9.98. The average Bonchev–Trinajstić information content (AvgIpc) is 2.63. The zero-order valence-electron chi connectivity index (χ0n) is 14.5. The molecule has 1 fully saturated rings. The molecule has 6 heteroatoms. The maximum atomic E-state index is 14.3. The molecule has 0 aliphatic carbocycles. The number of hydrogen-bond donors (Lipinski definition) is 2. The van der Waals surface area contributed by atoms with Crippen molar-refractivity contribution in [2.24, 2.45) is 0 Å². The highest BCUT2D eigenvalue weighted by molar-refractivity contribution is 7.99. The summed E-state index contributed by atoms with van der Waals surface area (Å²) in [6.07, 6.45) is 0.993. The van der Waals surface area contributed by atoms with Crippen LogP contribution in [0.4, 0.5) is 4.39 Å². The van der Waals surface area contributed by atoms with Crippen molar-refractivity contribution in [1.29, 1.82) is 0 Å². The van der Waals surface area contributed by atoms with Gasteiger partial charge in [-0.05, 0) is 18.1 Å². The summed E-state index contributed by atoms with van der Waals surface area (Å²) in [5.41, 5.74) is 1.60. The fraction of sp³-hybridized carbons (Fsp3) is 0.350. The van der Waals surface area contributed by atoms with Gasteiger partial charge in [-0.15, -0.1) is 12.4 Å². The lowest BCUT2D eigenvalue weighted by Crippen LogP contribution is -2.42. The van der Waals surface area contributed by atoms with Crippen molar-refractivity contribution in [3.63, 3.8) is 0 Å². The second-order valence-electron chi connectivity index (χ2n) is 6.26. The Morgan fingerprint density at radius 1 is 1.19 bits per heavy atom. The van der Waals surface area contributed by atoms with Gasteiger partial charge in [0.25, 0.3) is 0 Å². The molecule has 140 valence electrons. The van der Waals surface area contributed by atoms with Crippen molar-refractivity contribution in [1.82, 2.24) is 10.6 Å². The van der Waals surface area contributed by atoms with E-state index in [1.54, 1.807) is 12.1 Å². The molecule has 2 aromatic rings. The van der Waals surface area contributed by atoms with Crippen LogP contribution in [0.1, 0.15) is 23.6 Å². The number of halogens is 2. The van der Waals surface area contributed by atoms with Crippen LogP contribution in [0.25, 0.3) is 0 Å². The number of thioether (sulfide) groups is 1. The number of carbonyl (C=O) groups is 1. The number of benzene rings is 2. The molecular weight excluding hydrogens is 371 g/mol. The van der Waals surface area contributed by atoms with E-state index >= 15 is 0 Å². The fourth-order valence-electron chi connectivity index (χ4n) is 3.07. The monoisotopic (exact) mass is 394 g/mol. The molecule has 1 amide bonds. The van der Waals surface area contributed by atoms with Gasteiger partial charge in [0.15, 0.2) is 0 Å². The maximum absolute atomic E-state index is 14.3. The molecule has 1 saturated heterocycles. The van der Waals surface area contributed by atoms with Crippen LogP contribution >= 0.6 is 24.2 Å². The molecule has 0 spiro atoms. The molecule has 0 bridgehead atoms. The van der Waals surface area contributed by atoms with Crippen LogP contribution in [0, 0.1) is 5.82 Å². The molecule has 2 atom stereocenters. The summed E-state index contributed by atoms with van der Waals surface area (Å²) in [4.78, 5) is 12.5. The summed E-state index contributed by atoms with van der Waals surface area (Å²) >= 11 is 1.86. The highest BCUT2D eigenvalue weighted by atomic mass is 35.5. The van der Waals surface area contributed by atoms with Crippen molar-refractivity contribution >= 4 is 30.1 Å². The van der Waals surface area contributed by atoms with E-state index in [1.807, 2.05) is 48.2 Å². The highest BCUT2D eigenvalue weighted by Crippen LogP contribution is 2.22. The van der Waals surface area contributed by atoms with Crippen LogP contribution in [-0.2, 0) is 11.2 Å². The average molecular weight is 395 g/mol. The molecule has 26 heavy (non-hydrogen) atoms. The van der Waals surface area contributed by atoms with E-state index in [0.29, 0.717) is 18.4 Å². The highest BCUT2D eigenvalue weighted by Gasteiger charge is 2.22. The van der Waals surface area contributed by atoms with Gasteiger partial charge in [-0.25, -0.2) is 4.39 Å². The molecule has 1 aliphatic rings. The standard InChI is InChI=1S/C20H23FN2OS.ClH/c21-18-9-5-4-8-17(18)19(12-15-6-2-1-3-7-15)23-20(24)13-16-14-25-11-10-22-16;/h1-9,16,19,22H,10-14H2,(H,23,24);1H. The third kappa shape index (κ3) is 6.01. The number of amides is 1. The van der Waals surface area contributed by atoms with E-state index in [0.717, 1.165) is 23.6 Å². The van der Waals surface area contributed by atoms with Gasteiger partial charge in [-0.2, -0.15) is 11.8 Å². The van der Waals surface area contributed by atoms with Crippen LogP contribution in [0.3, 0.4) is 0 Å². The van der Waals surface area contributed by atoms with Crippen molar-refractivity contribution in [2.75, 3.05) is 18.1 Å². The fourth-order valence-corrected chi connectivity index (χ4v) is 4.02. The zero-order valence-corrected chi connectivity index (χ0v) is 16.1. The molecule has 0 saturated carbocycles. The van der Waals surface area contributed by atoms with Crippen LogP contribution < -0.4 is 10.6 Å². The Balaban J connectivity index is 0.00000243. The molecule has 2 unspecified atom stereocenters. The van der Waals surface area contributed by atoms with Gasteiger partial charge < -0.3 is 10.6 Å². The largest absolute Gasteiger partial charge is 0.349 e. The van der Waals surface area contributed by atoms with E-state index in [1.165, 1.54) is 6.07 Å². The van der Waals surface area contributed by atoms with Gasteiger partial charge in [-0.1, -0.05) is 48.5 Å². The number of rotatable bonds is 6. The summed E-state index contributed by atoms with van der Waals surface area (Å²) in [7, 11) is 0. The Labute approximate surface area is 164 Å². The molecule has 2 aromatic carbocycles. The van der Waals surface area contributed by atoms with E-state index in [2.05, 4.69) is 10.6 Å². The normalized spacial score (nSPS) is 17.8. The smallest absolute Gasteiger partial charge is 0.222 e. The topological polar surface area (TPSA) is 41.1 Å². The second kappa shape index (κ2) is 10.6. The summed E-state index contributed by atoms with van der Waals surface area (Å²) in [5, 5.41) is 6.41. The first kappa shape index (κ1) is 20.7. The first-order valence-corrected chi connectivity index (χ1v) is 9.76. The number of nitrogens with one attached hydrogen (secondary N) is 2. The Bertz CT molecular complexity index is 695. The van der Waals surface area contributed by atoms with Gasteiger partial charge in [0, 0.05) is 36.1 Å². The number of hydrogen-bond acceptors (Lipinski definition) is 3. The molecule has 3 rings (SSSR count). The summed E-state index contributed by atoms with van der Waals surface area (Å²) in [6.45, 7) is 0.934. The minimum atomic E-state index is -0.368. The van der Waals surface area contributed by atoms with Crippen LogP contribution in [0.5, 0.6) is 0 Å². The molecule has 0 aromatic heterocycles. The van der Waals surface area contributed by atoms with Gasteiger partial charge in [-0.3, -0.25) is 4.79 Å². The molecule has 1 heterocycles. The Morgan fingerprint density at radius 3 is 2.62 bits per heavy atom. The minimum Gasteiger partial charge on any atom is -0.349 e. The minimum absolute atomic E-state index is 0. The summed E-state index contributed by atoms with van der Waals surface area (Å²) in [5.74, 6) is 1.71. The maximum Gasteiger partial charge on any atom is 0.222 e. The SMILES string of the molecule is Cl.O=C(CC1CSCCN1)NC(Cc1ccccc1)c1ccccc1F.